The molecule has 2 aliphatic rings. The number of Topliss-reactive ketones (excluding diaryl/α,β-unsaturated/α-hetero) is 1. The number of ketones is 1. The fourth-order valence-electron chi connectivity index (χ4n) is 5.07. The third kappa shape index (κ3) is 2.53. The van der Waals surface area contributed by atoms with Gasteiger partial charge in [0.2, 0.25) is 11.3 Å². The summed E-state index contributed by atoms with van der Waals surface area (Å²) in [4.78, 5) is 28.0. The van der Waals surface area contributed by atoms with Gasteiger partial charge in [-0.25, -0.2) is 0 Å². The number of fused-ring (bicyclic) bond motifs is 6. The average Bonchev–Trinajstić information content (AvgIpc) is 3.41. The lowest BCUT2D eigenvalue weighted by Crippen LogP contribution is -2.60. The van der Waals surface area contributed by atoms with E-state index in [1.807, 2.05) is 50.2 Å². The Morgan fingerprint density at radius 1 is 1.06 bits per heavy atom. The van der Waals surface area contributed by atoms with Crippen LogP contribution in [0.5, 0.6) is 5.75 Å². The molecule has 0 spiro atoms. The van der Waals surface area contributed by atoms with Crippen LogP contribution in [0.15, 0.2) is 66.7 Å². The molecule has 6 nitrogen and oxygen atoms in total. The summed E-state index contributed by atoms with van der Waals surface area (Å²) >= 11 is 1.32. The molecule has 1 aliphatic carbocycles. The van der Waals surface area contributed by atoms with Crippen molar-refractivity contribution in [3.05, 3.63) is 93.9 Å². The van der Waals surface area contributed by atoms with E-state index in [-0.39, 0.29) is 22.7 Å². The van der Waals surface area contributed by atoms with Gasteiger partial charge < -0.3 is 20.9 Å². The first-order chi connectivity index (χ1) is 16.3. The Balaban J connectivity index is 1.55. The van der Waals surface area contributed by atoms with Gasteiger partial charge in [0.1, 0.15) is 5.75 Å². The Morgan fingerprint density at radius 2 is 1.85 bits per heavy atom. The molecule has 4 N–H and O–H groups in total. The molecule has 1 aromatic heterocycles. The Hall–Kier alpha value is -3.68. The molecule has 2 unspecified atom stereocenters. The second-order valence-electron chi connectivity index (χ2n) is 9.11. The summed E-state index contributed by atoms with van der Waals surface area (Å²) in [6.45, 7) is 4.10. The standard InChI is InChI=1S/C27H22N2O4S/c1-14(2)15-10-11-17-20(12-15)33-27(32)18-7-5-8-19(28)23(18)24(30)26(17,27)29-25(31)22-13-16-6-3-4-9-21(16)34-22/h3-14,32H,28H2,1-2H3,(H,29,31). The van der Waals surface area contributed by atoms with Crippen LogP contribution in [0.25, 0.3) is 10.1 Å². The van der Waals surface area contributed by atoms with E-state index in [1.54, 1.807) is 30.3 Å². The van der Waals surface area contributed by atoms with Gasteiger partial charge in [-0.2, -0.15) is 0 Å². The first-order valence-corrected chi connectivity index (χ1v) is 11.9. The molecule has 34 heavy (non-hydrogen) atoms. The van der Waals surface area contributed by atoms with E-state index in [0.717, 1.165) is 15.6 Å². The average molecular weight is 471 g/mol. The molecular formula is C27H22N2O4S. The molecule has 0 saturated heterocycles. The Kier molecular flexibility index (Phi) is 4.25. The number of amides is 1. The minimum absolute atomic E-state index is 0.167. The summed E-state index contributed by atoms with van der Waals surface area (Å²) < 4.78 is 7.08. The Morgan fingerprint density at radius 3 is 2.62 bits per heavy atom. The molecule has 7 heteroatoms. The predicted octanol–water partition coefficient (Wildman–Crippen LogP) is 4.67. The summed E-state index contributed by atoms with van der Waals surface area (Å²) in [5.41, 5.74) is 6.35. The number of nitrogens with one attached hydrogen (secondary N) is 1. The molecule has 0 fully saturated rings. The maximum absolute atomic E-state index is 14.0. The van der Waals surface area contributed by atoms with Crippen molar-refractivity contribution >= 4 is 38.8 Å². The zero-order chi connectivity index (χ0) is 23.8. The van der Waals surface area contributed by atoms with Gasteiger partial charge in [-0.05, 0) is 41.1 Å². The van der Waals surface area contributed by atoms with Crippen LogP contribution in [0, 0.1) is 0 Å². The van der Waals surface area contributed by atoms with Gasteiger partial charge in [-0.3, -0.25) is 9.59 Å². The van der Waals surface area contributed by atoms with Crippen molar-refractivity contribution in [1.29, 1.82) is 0 Å². The number of nitrogens with two attached hydrogens (primary N) is 1. The predicted molar refractivity (Wildman–Crippen MR) is 131 cm³/mol. The SMILES string of the molecule is CC(C)c1ccc2c(c1)OC1(O)c3cccc(N)c3C(=O)C21NC(=O)c1cc2ccccc2s1. The first-order valence-electron chi connectivity index (χ1n) is 11.1. The molecule has 2 atom stereocenters. The van der Waals surface area contributed by atoms with Gasteiger partial charge in [-0.15, -0.1) is 11.3 Å². The maximum Gasteiger partial charge on any atom is 0.271 e. The van der Waals surface area contributed by atoms with Crippen LogP contribution in [0.1, 0.15) is 56.5 Å². The van der Waals surface area contributed by atoms with Gasteiger partial charge in [0.15, 0.2) is 0 Å². The molecule has 3 aromatic carbocycles. The van der Waals surface area contributed by atoms with Gasteiger partial charge in [-0.1, -0.05) is 56.3 Å². The van der Waals surface area contributed by atoms with E-state index in [9.17, 15) is 14.7 Å². The molecule has 0 radical (unpaired) electrons. The van der Waals surface area contributed by atoms with Gasteiger partial charge in [0, 0.05) is 21.5 Å². The van der Waals surface area contributed by atoms with Crippen LogP contribution in [0.4, 0.5) is 5.69 Å². The van der Waals surface area contributed by atoms with E-state index in [0.29, 0.717) is 16.2 Å². The normalized spacial score (nSPS) is 22.4. The van der Waals surface area contributed by atoms with Crippen LogP contribution in [-0.2, 0) is 11.3 Å². The van der Waals surface area contributed by atoms with Gasteiger partial charge >= 0.3 is 0 Å². The third-order valence-electron chi connectivity index (χ3n) is 6.82. The number of rotatable bonds is 3. The Bertz CT molecular complexity index is 1490. The van der Waals surface area contributed by atoms with E-state index >= 15 is 0 Å². The van der Waals surface area contributed by atoms with Gasteiger partial charge in [0.05, 0.1) is 10.4 Å². The summed E-state index contributed by atoms with van der Waals surface area (Å²) in [5, 5.41) is 15.8. The summed E-state index contributed by atoms with van der Waals surface area (Å²) in [5.74, 6) is -2.50. The maximum atomic E-state index is 14.0. The van der Waals surface area contributed by atoms with E-state index in [1.165, 1.54) is 11.3 Å². The van der Waals surface area contributed by atoms with Crippen LogP contribution in [0.2, 0.25) is 0 Å². The molecule has 0 saturated carbocycles. The number of thiophene rings is 1. The lowest BCUT2D eigenvalue weighted by atomic mass is 9.82. The highest BCUT2D eigenvalue weighted by molar-refractivity contribution is 7.20. The molecule has 1 amide bonds. The van der Waals surface area contributed by atoms with Gasteiger partial charge in [0.25, 0.3) is 11.7 Å². The monoisotopic (exact) mass is 470 g/mol. The number of carbonyl (C=O) groups excluding carboxylic acids is 2. The summed E-state index contributed by atoms with van der Waals surface area (Å²) in [7, 11) is 0. The summed E-state index contributed by atoms with van der Waals surface area (Å²) in [6.07, 6.45) is 0. The minimum Gasteiger partial charge on any atom is -0.454 e. The van der Waals surface area contributed by atoms with E-state index < -0.39 is 23.0 Å². The van der Waals surface area contributed by atoms with Crippen molar-refractivity contribution in [2.75, 3.05) is 5.73 Å². The largest absolute Gasteiger partial charge is 0.454 e. The highest BCUT2D eigenvalue weighted by atomic mass is 32.1. The summed E-state index contributed by atoms with van der Waals surface area (Å²) in [6, 6.07) is 19.8. The number of nitrogen functional groups attached to an aromatic ring is 1. The minimum atomic E-state index is -2.13. The van der Waals surface area contributed by atoms with Crippen LogP contribution >= 0.6 is 11.3 Å². The topological polar surface area (TPSA) is 102 Å². The molecule has 1 aliphatic heterocycles. The molecule has 2 heterocycles. The highest BCUT2D eigenvalue weighted by Gasteiger charge is 2.72. The number of hydrogen-bond acceptors (Lipinski definition) is 6. The smallest absolute Gasteiger partial charge is 0.271 e. The number of carbonyl (C=O) groups is 2. The molecule has 0 bridgehead atoms. The van der Waals surface area contributed by atoms with Crippen molar-refractivity contribution in [3.63, 3.8) is 0 Å². The lowest BCUT2D eigenvalue weighted by Gasteiger charge is -2.34. The fraction of sp³-hybridized carbons (Fsp3) is 0.185. The third-order valence-corrected chi connectivity index (χ3v) is 7.94. The van der Waals surface area contributed by atoms with Crippen molar-refractivity contribution in [2.24, 2.45) is 0 Å². The van der Waals surface area contributed by atoms with Crippen molar-refractivity contribution in [1.82, 2.24) is 5.32 Å². The van der Waals surface area contributed by atoms with Crippen LogP contribution < -0.4 is 15.8 Å². The number of anilines is 1. The van der Waals surface area contributed by atoms with E-state index in [4.69, 9.17) is 10.5 Å². The second-order valence-corrected chi connectivity index (χ2v) is 10.2. The number of aliphatic hydroxyl groups is 1. The molecular weight excluding hydrogens is 448 g/mol. The highest BCUT2D eigenvalue weighted by Crippen LogP contribution is 2.59. The molecule has 6 rings (SSSR count). The van der Waals surface area contributed by atoms with E-state index in [2.05, 4.69) is 5.32 Å². The molecule has 4 aromatic rings. The zero-order valence-electron chi connectivity index (χ0n) is 18.6. The van der Waals surface area contributed by atoms with Crippen LogP contribution in [0.3, 0.4) is 0 Å². The number of ether oxygens (including phenoxy) is 1. The lowest BCUT2D eigenvalue weighted by molar-refractivity contribution is -0.169. The fourth-order valence-corrected chi connectivity index (χ4v) is 6.03. The van der Waals surface area contributed by atoms with Crippen LogP contribution in [-0.4, -0.2) is 16.8 Å². The molecule has 170 valence electrons. The zero-order valence-corrected chi connectivity index (χ0v) is 19.4. The van der Waals surface area contributed by atoms with Crippen molar-refractivity contribution < 1.29 is 19.4 Å². The number of benzene rings is 3. The van der Waals surface area contributed by atoms with Crippen molar-refractivity contribution in [2.45, 2.75) is 31.1 Å². The Labute approximate surface area is 200 Å². The number of hydrogen-bond donors (Lipinski definition) is 3. The first kappa shape index (κ1) is 20.9. The van der Waals surface area contributed by atoms with Crippen molar-refractivity contribution in [3.8, 4) is 5.75 Å². The quantitative estimate of drug-likeness (QED) is 0.378. The second kappa shape index (κ2) is 6.91.